The smallest absolute Gasteiger partial charge is 0.273 e. The number of nitrogens with one attached hydrogen (secondary N) is 2. The Morgan fingerprint density at radius 3 is 2.37 bits per heavy atom. The van der Waals surface area contributed by atoms with E-state index in [1.807, 2.05) is 4.72 Å². The Kier molecular flexibility index (Phi) is 6.40. The number of thiophene rings is 1. The van der Waals surface area contributed by atoms with Crippen LogP contribution in [0.3, 0.4) is 0 Å². The van der Waals surface area contributed by atoms with Crippen LogP contribution in [-0.4, -0.2) is 30.8 Å². The van der Waals surface area contributed by atoms with Gasteiger partial charge in [-0.2, -0.15) is 0 Å². The third kappa shape index (κ3) is 4.96. The fourth-order valence-electron chi connectivity index (χ4n) is 2.47. The van der Waals surface area contributed by atoms with Gasteiger partial charge in [0.25, 0.3) is 27.4 Å². The Morgan fingerprint density at radius 1 is 1.07 bits per heavy atom. The molecule has 1 unspecified atom stereocenters. The molecule has 0 aliphatic carbocycles. The van der Waals surface area contributed by atoms with Crippen LogP contribution in [0.25, 0.3) is 5.69 Å². The number of rotatable bonds is 6. The highest BCUT2D eigenvalue weighted by atomic mass is 35.5. The first-order valence-corrected chi connectivity index (χ1v) is 11.3. The van der Waals surface area contributed by atoms with Crippen molar-refractivity contribution in [3.63, 3.8) is 0 Å². The third-order valence-corrected chi connectivity index (χ3v) is 7.09. The number of nitrogens with zero attached hydrogens (tertiary/aromatic N) is 1. The van der Waals surface area contributed by atoms with E-state index < -0.39 is 27.9 Å². The highest BCUT2D eigenvalue weighted by Gasteiger charge is 2.24. The second-order valence-corrected chi connectivity index (χ2v) is 9.80. The monoisotopic (exact) mass is 465 g/mol. The molecule has 11 heteroatoms. The minimum Gasteiger partial charge on any atom is -0.340 e. The van der Waals surface area contributed by atoms with E-state index in [0.29, 0.717) is 5.69 Å². The molecule has 0 bridgehead atoms. The van der Waals surface area contributed by atoms with Gasteiger partial charge in [-0.25, -0.2) is 13.1 Å². The van der Waals surface area contributed by atoms with Gasteiger partial charge >= 0.3 is 0 Å². The van der Waals surface area contributed by atoms with Crippen LogP contribution in [0.5, 0.6) is 0 Å². The lowest BCUT2D eigenvalue weighted by Crippen LogP contribution is -2.46. The fourth-order valence-corrected chi connectivity index (χ4v) is 5.01. The van der Waals surface area contributed by atoms with Gasteiger partial charge in [-0.3, -0.25) is 19.0 Å². The van der Waals surface area contributed by atoms with Gasteiger partial charge in [0.05, 0.1) is 4.34 Å². The molecule has 1 aromatic carbocycles. The van der Waals surface area contributed by atoms with Crippen molar-refractivity contribution in [3.8, 4) is 5.69 Å². The summed E-state index contributed by atoms with van der Waals surface area (Å²) in [5.41, 5.74) is 0.604. The molecule has 0 aliphatic rings. The summed E-state index contributed by atoms with van der Waals surface area (Å²) in [7, 11) is -4.07. The average molecular weight is 466 g/mol. The topological polar surface area (TPSA) is 114 Å². The molecule has 2 amide bonds. The normalized spacial score (nSPS) is 12.2. The first-order chi connectivity index (χ1) is 14.2. The van der Waals surface area contributed by atoms with Gasteiger partial charge in [0, 0.05) is 23.5 Å². The van der Waals surface area contributed by atoms with Crippen molar-refractivity contribution in [2.45, 2.75) is 17.2 Å². The molecule has 2 aromatic heterocycles. The molecular formula is C19H16ClN3O5S2. The zero-order valence-corrected chi connectivity index (χ0v) is 17.9. The molecule has 1 atom stereocenters. The molecule has 3 aromatic rings. The molecular weight excluding hydrogens is 450 g/mol. The maximum Gasteiger partial charge on any atom is 0.273 e. The Morgan fingerprint density at radius 2 is 1.77 bits per heavy atom. The number of aromatic nitrogens is 1. The van der Waals surface area contributed by atoms with Crippen LogP contribution in [0.1, 0.15) is 17.3 Å². The van der Waals surface area contributed by atoms with Crippen LogP contribution in [0.15, 0.2) is 69.8 Å². The van der Waals surface area contributed by atoms with E-state index in [1.165, 1.54) is 41.8 Å². The lowest BCUT2D eigenvalue weighted by Gasteiger charge is -2.14. The van der Waals surface area contributed by atoms with Gasteiger partial charge in [-0.05, 0) is 49.4 Å². The molecule has 8 nitrogen and oxygen atoms in total. The van der Waals surface area contributed by atoms with E-state index in [0.717, 1.165) is 11.3 Å². The van der Waals surface area contributed by atoms with Gasteiger partial charge < -0.3 is 5.32 Å². The number of carbonyl (C=O) groups excluding carboxylic acids is 2. The fraction of sp³-hybridized carbons (Fsp3) is 0.105. The van der Waals surface area contributed by atoms with Crippen LogP contribution in [0.2, 0.25) is 4.34 Å². The molecule has 0 fully saturated rings. The number of carbonyl (C=O) groups is 2. The number of pyridine rings is 1. The van der Waals surface area contributed by atoms with E-state index in [-0.39, 0.29) is 19.7 Å². The zero-order chi connectivity index (χ0) is 21.9. The number of sulfonamides is 1. The molecule has 0 saturated carbocycles. The Balaban J connectivity index is 1.66. The van der Waals surface area contributed by atoms with E-state index >= 15 is 0 Å². The molecule has 2 heterocycles. The summed E-state index contributed by atoms with van der Waals surface area (Å²) < 4.78 is 27.9. The molecule has 0 aliphatic heterocycles. The quantitative estimate of drug-likeness (QED) is 0.579. The Hall–Kier alpha value is -2.95. The molecule has 156 valence electrons. The zero-order valence-electron chi connectivity index (χ0n) is 15.5. The van der Waals surface area contributed by atoms with Crippen molar-refractivity contribution in [3.05, 3.63) is 81.0 Å². The average Bonchev–Trinajstić information content (AvgIpc) is 3.15. The highest BCUT2D eigenvalue weighted by molar-refractivity contribution is 7.92. The van der Waals surface area contributed by atoms with Gasteiger partial charge in [0.2, 0.25) is 0 Å². The summed E-state index contributed by atoms with van der Waals surface area (Å²) in [5.74, 6) is -1.46. The van der Waals surface area contributed by atoms with Gasteiger partial charge in [0.15, 0.2) is 0 Å². The minimum absolute atomic E-state index is 0.105. The number of hydrogen-bond acceptors (Lipinski definition) is 6. The van der Waals surface area contributed by atoms with E-state index in [9.17, 15) is 22.8 Å². The summed E-state index contributed by atoms with van der Waals surface area (Å²) in [4.78, 5) is 36.5. The van der Waals surface area contributed by atoms with Gasteiger partial charge in [-0.15, -0.1) is 11.3 Å². The first kappa shape index (κ1) is 21.8. The molecule has 30 heavy (non-hydrogen) atoms. The molecule has 0 spiro atoms. The van der Waals surface area contributed by atoms with Crippen molar-refractivity contribution in [1.29, 1.82) is 0 Å². The van der Waals surface area contributed by atoms with Crippen molar-refractivity contribution >= 4 is 44.8 Å². The van der Waals surface area contributed by atoms with Crippen molar-refractivity contribution < 1.29 is 18.0 Å². The Bertz CT molecular complexity index is 1250. The summed E-state index contributed by atoms with van der Waals surface area (Å²) in [5, 5.41) is 2.44. The van der Waals surface area contributed by atoms with Crippen LogP contribution in [-0.2, 0) is 14.8 Å². The van der Waals surface area contributed by atoms with Crippen molar-refractivity contribution in [2.75, 3.05) is 0 Å². The van der Waals surface area contributed by atoms with Crippen molar-refractivity contribution in [1.82, 2.24) is 14.6 Å². The predicted octanol–water partition coefficient (Wildman–Crippen LogP) is 2.18. The van der Waals surface area contributed by atoms with Crippen molar-refractivity contribution in [2.24, 2.45) is 0 Å². The number of amides is 2. The van der Waals surface area contributed by atoms with Crippen LogP contribution in [0.4, 0.5) is 0 Å². The lowest BCUT2D eigenvalue weighted by molar-refractivity contribution is -0.120. The molecule has 0 saturated heterocycles. The number of halogens is 1. The SMILES string of the molecule is CC(NC(=O)c1ccc(-n2ccccc2=O)cc1)C(=O)NS(=O)(=O)c1ccc(Cl)s1. The summed E-state index contributed by atoms with van der Waals surface area (Å²) in [6, 6.07) is 12.5. The number of hydrogen-bond donors (Lipinski definition) is 2. The van der Waals surface area contributed by atoms with E-state index in [2.05, 4.69) is 5.32 Å². The second kappa shape index (κ2) is 8.82. The van der Waals surface area contributed by atoms with Crippen LogP contribution in [0, 0.1) is 0 Å². The maximum absolute atomic E-state index is 12.4. The predicted molar refractivity (Wildman–Crippen MR) is 114 cm³/mol. The summed E-state index contributed by atoms with van der Waals surface area (Å²) in [6.45, 7) is 1.36. The van der Waals surface area contributed by atoms with Gasteiger partial charge in [0.1, 0.15) is 10.3 Å². The molecule has 0 radical (unpaired) electrons. The summed E-state index contributed by atoms with van der Waals surface area (Å²) >= 11 is 6.54. The van der Waals surface area contributed by atoms with Crippen LogP contribution < -0.4 is 15.6 Å². The molecule has 3 rings (SSSR count). The highest BCUT2D eigenvalue weighted by Crippen LogP contribution is 2.25. The minimum atomic E-state index is -4.07. The van der Waals surface area contributed by atoms with Crippen LogP contribution >= 0.6 is 22.9 Å². The standard InChI is InChI=1S/C19H16ClN3O5S2/c1-12(18(25)22-30(27,28)17-10-9-15(20)29-17)21-19(26)13-5-7-14(8-6-13)23-11-3-2-4-16(23)24/h2-12H,1H3,(H,21,26)(H,22,25). The number of benzene rings is 1. The van der Waals surface area contributed by atoms with Gasteiger partial charge in [-0.1, -0.05) is 17.7 Å². The maximum atomic E-state index is 12.4. The summed E-state index contributed by atoms with van der Waals surface area (Å²) in [6.07, 6.45) is 1.60. The first-order valence-electron chi connectivity index (χ1n) is 8.58. The van der Waals surface area contributed by atoms with E-state index in [1.54, 1.807) is 30.5 Å². The second-order valence-electron chi connectivity index (χ2n) is 6.18. The molecule has 2 N–H and O–H groups in total. The Labute approximate surface area is 181 Å². The largest absolute Gasteiger partial charge is 0.340 e. The van der Waals surface area contributed by atoms with E-state index in [4.69, 9.17) is 11.6 Å². The third-order valence-electron chi connectivity index (χ3n) is 4.02. The lowest BCUT2D eigenvalue weighted by atomic mass is 10.1.